The van der Waals surface area contributed by atoms with Gasteiger partial charge < -0.3 is 40.4 Å². The van der Waals surface area contributed by atoms with E-state index in [2.05, 4.69) is 16.8 Å². The van der Waals surface area contributed by atoms with Gasteiger partial charge in [0.15, 0.2) is 18.6 Å². The first-order valence-corrected chi connectivity index (χ1v) is 11.0. The van der Waals surface area contributed by atoms with Gasteiger partial charge in [-0.15, -0.1) is 0 Å². The van der Waals surface area contributed by atoms with Crippen LogP contribution >= 0.6 is 0 Å². The minimum atomic E-state index is -1.58. The van der Waals surface area contributed by atoms with Crippen molar-refractivity contribution in [3.8, 4) is 11.8 Å². The second kappa shape index (κ2) is 10.4. The van der Waals surface area contributed by atoms with Crippen LogP contribution in [0.1, 0.15) is 17.4 Å². The third-order valence-electron chi connectivity index (χ3n) is 5.94. The molecule has 2 aromatic rings. The second-order valence-electron chi connectivity index (χ2n) is 8.44. The van der Waals surface area contributed by atoms with E-state index in [0.29, 0.717) is 5.56 Å². The molecule has 2 saturated heterocycles. The Kier molecular flexibility index (Phi) is 7.50. The second-order valence-corrected chi connectivity index (χ2v) is 8.44. The quantitative estimate of drug-likeness (QED) is 0.241. The number of aliphatic hydroxyl groups is 4. The molecule has 1 aromatic carbocycles. The SMILES string of the molecule is Cc1ccc(C#C[C@H](O[C@@H]2O[C@H](CN)[C@@H](O)[C@H]2O)[C@H]2O[C@@H](n3ccc(=O)[nH]c3=O)[C@H](O)[C@@H]2O)cc1. The van der Waals surface area contributed by atoms with Gasteiger partial charge in [0.2, 0.25) is 0 Å². The number of nitrogens with one attached hydrogen (secondary N) is 1. The Morgan fingerprint density at radius 3 is 2.40 bits per heavy atom. The van der Waals surface area contributed by atoms with Crippen LogP contribution in [0, 0.1) is 18.8 Å². The summed E-state index contributed by atoms with van der Waals surface area (Å²) in [4.78, 5) is 25.6. The van der Waals surface area contributed by atoms with Crippen molar-refractivity contribution < 1.29 is 34.6 Å². The monoisotopic (exact) mass is 489 g/mol. The highest BCUT2D eigenvalue weighted by atomic mass is 16.7. The number of aliphatic hydroxyl groups excluding tert-OH is 4. The first-order valence-electron chi connectivity index (χ1n) is 11.0. The number of ether oxygens (including phenoxy) is 3. The lowest BCUT2D eigenvalue weighted by Gasteiger charge is -2.26. The van der Waals surface area contributed by atoms with E-state index in [-0.39, 0.29) is 6.54 Å². The molecule has 2 aliphatic heterocycles. The summed E-state index contributed by atoms with van der Waals surface area (Å²) in [5.74, 6) is 5.72. The number of aromatic amines is 1. The molecule has 2 fully saturated rings. The van der Waals surface area contributed by atoms with Crippen molar-refractivity contribution >= 4 is 0 Å². The molecule has 9 atom stereocenters. The number of rotatable bonds is 5. The van der Waals surface area contributed by atoms with Gasteiger partial charge in [-0.25, -0.2) is 4.79 Å². The van der Waals surface area contributed by atoms with E-state index in [4.69, 9.17) is 19.9 Å². The lowest BCUT2D eigenvalue weighted by molar-refractivity contribution is -0.205. The van der Waals surface area contributed by atoms with E-state index in [0.717, 1.165) is 22.4 Å². The van der Waals surface area contributed by atoms with Gasteiger partial charge in [-0.1, -0.05) is 29.5 Å². The van der Waals surface area contributed by atoms with Crippen LogP contribution in [0.4, 0.5) is 0 Å². The Morgan fingerprint density at radius 1 is 1.06 bits per heavy atom. The van der Waals surface area contributed by atoms with Gasteiger partial charge in [0, 0.05) is 24.4 Å². The molecule has 0 bridgehead atoms. The first kappa shape index (κ1) is 25.2. The van der Waals surface area contributed by atoms with Crippen LogP contribution in [-0.2, 0) is 14.2 Å². The summed E-state index contributed by atoms with van der Waals surface area (Å²) >= 11 is 0. The normalized spacial score (nSPS) is 33.3. The fourth-order valence-electron chi connectivity index (χ4n) is 3.94. The molecule has 3 heterocycles. The summed E-state index contributed by atoms with van der Waals surface area (Å²) in [6.45, 7) is 1.85. The molecule has 0 spiro atoms. The summed E-state index contributed by atoms with van der Waals surface area (Å²) in [5, 5.41) is 41.8. The summed E-state index contributed by atoms with van der Waals surface area (Å²) in [6, 6.07) is 8.33. The fraction of sp³-hybridized carbons (Fsp3) is 0.478. The van der Waals surface area contributed by atoms with Gasteiger partial charge in [-0.3, -0.25) is 14.3 Å². The number of hydrogen-bond acceptors (Lipinski definition) is 10. The van der Waals surface area contributed by atoms with Gasteiger partial charge in [-0.2, -0.15) is 0 Å². The van der Waals surface area contributed by atoms with Crippen LogP contribution in [0.2, 0.25) is 0 Å². The molecule has 188 valence electrons. The number of benzene rings is 1. The number of aromatic nitrogens is 2. The number of nitrogens with two attached hydrogens (primary N) is 1. The molecule has 2 aliphatic rings. The first-order chi connectivity index (χ1) is 16.7. The molecule has 12 heteroatoms. The van der Waals surface area contributed by atoms with Gasteiger partial charge in [0.1, 0.15) is 36.6 Å². The minimum Gasteiger partial charge on any atom is -0.387 e. The van der Waals surface area contributed by atoms with Crippen molar-refractivity contribution in [2.75, 3.05) is 6.54 Å². The largest absolute Gasteiger partial charge is 0.387 e. The van der Waals surface area contributed by atoms with E-state index in [1.54, 1.807) is 12.1 Å². The molecular formula is C23H27N3O9. The van der Waals surface area contributed by atoms with Crippen LogP contribution in [0.5, 0.6) is 0 Å². The molecule has 0 amide bonds. The van der Waals surface area contributed by atoms with Gasteiger partial charge in [0.25, 0.3) is 5.56 Å². The molecular weight excluding hydrogens is 462 g/mol. The van der Waals surface area contributed by atoms with Crippen molar-refractivity contribution in [2.45, 2.75) is 62.2 Å². The maximum absolute atomic E-state index is 12.2. The van der Waals surface area contributed by atoms with E-state index in [1.165, 1.54) is 0 Å². The third-order valence-corrected chi connectivity index (χ3v) is 5.94. The highest BCUT2D eigenvalue weighted by Crippen LogP contribution is 2.33. The zero-order chi connectivity index (χ0) is 25.3. The van der Waals surface area contributed by atoms with Gasteiger partial charge >= 0.3 is 5.69 Å². The van der Waals surface area contributed by atoms with E-state index >= 15 is 0 Å². The van der Waals surface area contributed by atoms with E-state index in [1.807, 2.05) is 19.1 Å². The summed E-state index contributed by atoms with van der Waals surface area (Å²) < 4.78 is 18.0. The smallest absolute Gasteiger partial charge is 0.330 e. The summed E-state index contributed by atoms with van der Waals surface area (Å²) in [6.07, 6.45) is -10.9. The predicted molar refractivity (Wildman–Crippen MR) is 120 cm³/mol. The maximum Gasteiger partial charge on any atom is 0.330 e. The molecule has 0 saturated carbocycles. The van der Waals surface area contributed by atoms with Crippen LogP contribution in [0.25, 0.3) is 0 Å². The molecule has 4 rings (SSSR count). The van der Waals surface area contributed by atoms with E-state index in [9.17, 15) is 30.0 Å². The van der Waals surface area contributed by atoms with Crippen LogP contribution in [-0.4, -0.2) is 85.5 Å². The summed E-state index contributed by atoms with van der Waals surface area (Å²) in [5.41, 5.74) is 5.73. The fourth-order valence-corrected chi connectivity index (χ4v) is 3.94. The lowest BCUT2D eigenvalue weighted by Crippen LogP contribution is -2.43. The van der Waals surface area contributed by atoms with Crippen molar-refractivity contribution in [2.24, 2.45) is 5.73 Å². The van der Waals surface area contributed by atoms with Gasteiger partial charge in [-0.05, 0) is 19.1 Å². The topological polar surface area (TPSA) is 189 Å². The zero-order valence-electron chi connectivity index (χ0n) is 18.7. The van der Waals surface area contributed by atoms with Crippen LogP contribution < -0.4 is 17.0 Å². The zero-order valence-corrected chi connectivity index (χ0v) is 18.7. The molecule has 7 N–H and O–H groups in total. The molecule has 1 aromatic heterocycles. The molecule has 12 nitrogen and oxygen atoms in total. The van der Waals surface area contributed by atoms with E-state index < -0.39 is 66.5 Å². The summed E-state index contributed by atoms with van der Waals surface area (Å²) in [7, 11) is 0. The predicted octanol–water partition coefficient (Wildman–Crippen LogP) is -2.69. The van der Waals surface area contributed by atoms with Crippen molar-refractivity contribution in [3.05, 3.63) is 68.5 Å². The van der Waals surface area contributed by atoms with Crippen molar-refractivity contribution in [3.63, 3.8) is 0 Å². The lowest BCUT2D eigenvalue weighted by atomic mass is 10.0. The number of H-pyrrole nitrogens is 1. The van der Waals surface area contributed by atoms with Gasteiger partial charge in [0.05, 0.1) is 0 Å². The average Bonchev–Trinajstić information content (AvgIpc) is 3.28. The Bertz CT molecular complexity index is 1200. The Balaban J connectivity index is 1.64. The Hall–Kier alpha value is -2.86. The molecule has 35 heavy (non-hydrogen) atoms. The highest BCUT2D eigenvalue weighted by Gasteiger charge is 2.50. The highest BCUT2D eigenvalue weighted by molar-refractivity contribution is 5.37. The number of nitrogens with zero attached hydrogens (tertiary/aromatic N) is 1. The van der Waals surface area contributed by atoms with Crippen LogP contribution in [0.15, 0.2) is 46.1 Å². The maximum atomic E-state index is 12.2. The van der Waals surface area contributed by atoms with Crippen molar-refractivity contribution in [1.29, 1.82) is 0 Å². The standard InChI is InChI=1S/C23H27N3O9/c1-11-2-4-12(5-3-11)6-7-13(33-22-19(31)16(28)14(10-24)34-22)20-17(29)18(30)21(35-20)26-9-8-15(27)25-23(26)32/h2-5,8-9,13-14,16-22,28-31H,10,24H2,1H3,(H,25,27,32)/t13-,14+,16+,17-,18+,19+,20+,21+,22+/m0/s1. The van der Waals surface area contributed by atoms with Crippen molar-refractivity contribution in [1.82, 2.24) is 9.55 Å². The molecule has 0 aliphatic carbocycles. The van der Waals surface area contributed by atoms with Crippen LogP contribution in [0.3, 0.4) is 0 Å². The Morgan fingerprint density at radius 2 is 1.77 bits per heavy atom. The minimum absolute atomic E-state index is 0.0731. The Labute approximate surface area is 199 Å². The number of hydrogen-bond donors (Lipinski definition) is 6. The molecule has 0 radical (unpaired) electrons. The number of aryl methyl sites for hydroxylation is 1. The average molecular weight is 489 g/mol. The molecule has 0 unspecified atom stereocenters. The third kappa shape index (κ3) is 5.22.